The number of hydrogen-bond acceptors (Lipinski definition) is 7. The van der Waals surface area contributed by atoms with Crippen molar-refractivity contribution in [2.75, 3.05) is 20.1 Å². The van der Waals surface area contributed by atoms with Crippen LogP contribution in [0.4, 0.5) is 4.79 Å². The first-order valence-electron chi connectivity index (χ1n) is 12.8. The number of carbonyl (C=O) groups is 3. The number of hydrogen-bond donors (Lipinski definition) is 6. The molecule has 0 saturated carbocycles. The van der Waals surface area contributed by atoms with Gasteiger partial charge in [-0.15, -0.1) is 0 Å². The number of hydrazine groups is 1. The van der Waals surface area contributed by atoms with Crippen molar-refractivity contribution in [2.24, 2.45) is 0 Å². The third-order valence-corrected chi connectivity index (χ3v) is 6.63. The van der Waals surface area contributed by atoms with Gasteiger partial charge in [0.25, 0.3) is 0 Å². The van der Waals surface area contributed by atoms with Crippen molar-refractivity contribution in [2.45, 2.75) is 31.7 Å². The normalized spacial score (nSPS) is 15.2. The van der Waals surface area contributed by atoms with Crippen LogP contribution >= 0.6 is 0 Å². The Morgan fingerprint density at radius 3 is 2.45 bits per heavy atom. The fourth-order valence-corrected chi connectivity index (χ4v) is 4.55. The van der Waals surface area contributed by atoms with Gasteiger partial charge in [-0.1, -0.05) is 48.5 Å². The van der Waals surface area contributed by atoms with Crippen LogP contribution in [0.1, 0.15) is 28.4 Å². The lowest BCUT2D eigenvalue weighted by atomic mass is 9.93. The Hall–Kier alpha value is -4.61. The summed E-state index contributed by atoms with van der Waals surface area (Å²) in [5, 5.41) is 36.9. The van der Waals surface area contributed by atoms with Gasteiger partial charge in [-0.2, -0.15) is 0 Å². The van der Waals surface area contributed by atoms with Gasteiger partial charge in [0, 0.05) is 33.1 Å². The maximum atomic E-state index is 13.4. The van der Waals surface area contributed by atoms with Crippen molar-refractivity contribution >= 4 is 17.8 Å². The summed E-state index contributed by atoms with van der Waals surface area (Å²) in [5.41, 5.74) is 5.50. The molecule has 210 valence electrons. The molecule has 0 bridgehead atoms. The van der Waals surface area contributed by atoms with Gasteiger partial charge >= 0.3 is 6.03 Å². The average molecular weight is 548 g/mol. The van der Waals surface area contributed by atoms with Gasteiger partial charge in [0.15, 0.2) is 0 Å². The van der Waals surface area contributed by atoms with Crippen LogP contribution < -0.4 is 16.1 Å². The van der Waals surface area contributed by atoms with Gasteiger partial charge in [0.1, 0.15) is 17.5 Å². The van der Waals surface area contributed by atoms with E-state index in [-0.39, 0.29) is 37.6 Å². The number of nitrogens with zero attached hydrogens (tertiary/aromatic N) is 2. The molecule has 0 spiro atoms. The van der Waals surface area contributed by atoms with E-state index in [0.29, 0.717) is 12.1 Å². The maximum absolute atomic E-state index is 13.4. The quantitative estimate of drug-likeness (QED) is 0.222. The number of aromatic hydroxyl groups is 2. The number of fused-ring (bicyclic) bond motifs is 1. The van der Waals surface area contributed by atoms with Gasteiger partial charge in [-0.3, -0.25) is 15.0 Å². The second-order valence-electron chi connectivity index (χ2n) is 9.69. The number of phenolic OH excluding ortho intramolecular Hbond substituents is 2. The molecule has 0 saturated heterocycles. The standard InChI is InChI=1S/C29H33N5O6/c1-33(32-29(40)31-15-19-6-3-2-4-7-19)18-27(38)34-17-21-10-11-24(36)13-22(21)14-25(34)28(39)30-16-26(37)20-8-5-9-23(35)12-20/h2-13,25-26,35-37H,14-18H2,1H3,(H,30,39)(H2,31,32,40). The molecule has 11 nitrogen and oxygen atoms in total. The zero-order chi connectivity index (χ0) is 28.6. The SMILES string of the molecule is CN(CC(=O)N1Cc2ccc(O)cc2CC1C(=O)NCC(O)c1cccc(O)c1)NC(=O)NCc1ccccc1. The summed E-state index contributed by atoms with van der Waals surface area (Å²) >= 11 is 0. The summed E-state index contributed by atoms with van der Waals surface area (Å²) in [4.78, 5) is 40.4. The molecule has 40 heavy (non-hydrogen) atoms. The predicted octanol–water partition coefficient (Wildman–Crippen LogP) is 1.55. The minimum atomic E-state index is -1.06. The molecule has 1 aliphatic rings. The van der Waals surface area contributed by atoms with Crippen LogP contribution in [0.25, 0.3) is 0 Å². The number of aliphatic hydroxyl groups excluding tert-OH is 1. The molecule has 2 unspecified atom stereocenters. The highest BCUT2D eigenvalue weighted by Gasteiger charge is 2.35. The van der Waals surface area contributed by atoms with E-state index in [1.54, 1.807) is 31.3 Å². The largest absolute Gasteiger partial charge is 0.508 e. The highest BCUT2D eigenvalue weighted by Crippen LogP contribution is 2.27. The van der Waals surface area contributed by atoms with E-state index in [9.17, 15) is 29.7 Å². The minimum absolute atomic E-state index is 0.00480. The first kappa shape index (κ1) is 28.4. The third kappa shape index (κ3) is 7.49. The highest BCUT2D eigenvalue weighted by molar-refractivity contribution is 5.89. The summed E-state index contributed by atoms with van der Waals surface area (Å²) in [6.45, 7) is 0.134. The molecule has 4 amide bonds. The van der Waals surface area contributed by atoms with E-state index < -0.39 is 30.0 Å². The Morgan fingerprint density at radius 1 is 0.950 bits per heavy atom. The van der Waals surface area contributed by atoms with Crippen LogP contribution in [-0.4, -0.2) is 69.3 Å². The molecular formula is C29H33N5O6. The number of rotatable bonds is 9. The van der Waals surface area contributed by atoms with Crippen molar-refractivity contribution < 1.29 is 29.7 Å². The fourth-order valence-electron chi connectivity index (χ4n) is 4.55. The Kier molecular flexibility index (Phi) is 9.20. The zero-order valence-corrected chi connectivity index (χ0v) is 22.1. The Bertz CT molecular complexity index is 1350. The number of phenols is 2. The van der Waals surface area contributed by atoms with E-state index in [2.05, 4.69) is 16.1 Å². The number of likely N-dealkylation sites (N-methyl/N-ethyl adjacent to an activating group) is 1. The van der Waals surface area contributed by atoms with Crippen molar-refractivity contribution in [1.82, 2.24) is 26.0 Å². The lowest BCUT2D eigenvalue weighted by Crippen LogP contribution is -2.56. The number of urea groups is 1. The molecule has 3 aromatic carbocycles. The average Bonchev–Trinajstić information content (AvgIpc) is 2.94. The Balaban J connectivity index is 1.39. The first-order valence-corrected chi connectivity index (χ1v) is 12.8. The van der Waals surface area contributed by atoms with Crippen LogP contribution in [0.3, 0.4) is 0 Å². The first-order chi connectivity index (χ1) is 19.2. The van der Waals surface area contributed by atoms with Crippen LogP contribution in [0, 0.1) is 0 Å². The second kappa shape index (κ2) is 13.0. The molecule has 11 heteroatoms. The van der Waals surface area contributed by atoms with E-state index in [4.69, 9.17) is 0 Å². The van der Waals surface area contributed by atoms with Crippen molar-refractivity contribution in [1.29, 1.82) is 0 Å². The predicted molar refractivity (Wildman–Crippen MR) is 147 cm³/mol. The Labute approximate surface area is 232 Å². The van der Waals surface area contributed by atoms with E-state index >= 15 is 0 Å². The summed E-state index contributed by atoms with van der Waals surface area (Å²) < 4.78 is 0. The number of amides is 4. The monoisotopic (exact) mass is 547 g/mol. The molecule has 4 rings (SSSR count). The van der Waals surface area contributed by atoms with Gasteiger partial charge in [0.05, 0.1) is 12.6 Å². The van der Waals surface area contributed by atoms with Crippen molar-refractivity contribution in [3.63, 3.8) is 0 Å². The van der Waals surface area contributed by atoms with Crippen LogP contribution in [0.2, 0.25) is 0 Å². The molecular weight excluding hydrogens is 514 g/mol. The van der Waals surface area contributed by atoms with Crippen molar-refractivity contribution in [3.8, 4) is 11.5 Å². The van der Waals surface area contributed by atoms with E-state index in [1.807, 2.05) is 30.3 Å². The molecule has 0 radical (unpaired) electrons. The van der Waals surface area contributed by atoms with E-state index in [1.165, 1.54) is 28.1 Å². The molecule has 6 N–H and O–H groups in total. The molecule has 2 atom stereocenters. The van der Waals surface area contributed by atoms with Crippen molar-refractivity contribution in [3.05, 3.63) is 95.1 Å². The summed E-state index contributed by atoms with van der Waals surface area (Å²) in [6.07, 6.45) is -0.900. The lowest BCUT2D eigenvalue weighted by molar-refractivity contribution is -0.143. The van der Waals surface area contributed by atoms with Crippen LogP contribution in [-0.2, 0) is 29.1 Å². The molecule has 0 fully saturated rings. The van der Waals surface area contributed by atoms with Gasteiger partial charge in [-0.25, -0.2) is 9.80 Å². The summed E-state index contributed by atoms with van der Waals surface area (Å²) in [6, 6.07) is 18.9. The Morgan fingerprint density at radius 2 is 1.70 bits per heavy atom. The zero-order valence-electron chi connectivity index (χ0n) is 22.1. The summed E-state index contributed by atoms with van der Waals surface area (Å²) in [7, 11) is 1.55. The minimum Gasteiger partial charge on any atom is -0.508 e. The number of nitrogens with one attached hydrogen (secondary N) is 3. The number of aliphatic hydroxyl groups is 1. The van der Waals surface area contributed by atoms with Gasteiger partial charge in [-0.05, 0) is 46.5 Å². The summed E-state index contributed by atoms with van der Waals surface area (Å²) in [5.74, 6) is -0.812. The second-order valence-corrected chi connectivity index (χ2v) is 9.69. The topological polar surface area (TPSA) is 154 Å². The maximum Gasteiger partial charge on any atom is 0.329 e. The molecule has 3 aromatic rings. The highest BCUT2D eigenvalue weighted by atomic mass is 16.3. The fraction of sp³-hybridized carbons (Fsp3) is 0.276. The smallest absolute Gasteiger partial charge is 0.329 e. The van der Waals surface area contributed by atoms with Gasteiger partial charge in [0.2, 0.25) is 11.8 Å². The van der Waals surface area contributed by atoms with Gasteiger partial charge < -0.3 is 30.9 Å². The molecule has 0 aromatic heterocycles. The molecule has 1 aliphatic heterocycles. The molecule has 0 aliphatic carbocycles. The third-order valence-electron chi connectivity index (χ3n) is 6.63. The van der Waals surface area contributed by atoms with Crippen LogP contribution in [0.15, 0.2) is 72.8 Å². The molecule has 1 heterocycles. The lowest BCUT2D eigenvalue weighted by Gasteiger charge is -2.37. The van der Waals surface area contributed by atoms with Crippen LogP contribution in [0.5, 0.6) is 11.5 Å². The van der Waals surface area contributed by atoms with E-state index in [0.717, 1.165) is 16.7 Å². The number of carbonyl (C=O) groups excluding carboxylic acids is 3. The number of benzene rings is 3.